The van der Waals surface area contributed by atoms with Crippen molar-refractivity contribution in [2.24, 2.45) is 0 Å². The molecule has 0 bridgehead atoms. The first-order valence-electron chi connectivity index (χ1n) is 7.51. The second-order valence-electron chi connectivity index (χ2n) is 5.59. The van der Waals surface area contributed by atoms with Gasteiger partial charge < -0.3 is 14.4 Å². The van der Waals surface area contributed by atoms with Crippen LogP contribution in [0.2, 0.25) is 0 Å². The molecule has 2 atom stereocenters. The number of rotatable bonds is 6. The van der Waals surface area contributed by atoms with Crippen LogP contribution in [0, 0.1) is 0 Å². The van der Waals surface area contributed by atoms with Crippen molar-refractivity contribution >= 4 is 12.1 Å². The summed E-state index contributed by atoms with van der Waals surface area (Å²) in [6.45, 7) is 5.63. The van der Waals surface area contributed by atoms with E-state index in [0.29, 0.717) is 12.0 Å². The maximum absolute atomic E-state index is 12.0. The number of esters is 1. The monoisotopic (exact) mass is 307 g/mol. The maximum Gasteiger partial charge on any atom is 0.409 e. The number of carbonyl (C=O) groups excluding carboxylic acids is 2. The molecule has 0 aromatic heterocycles. The summed E-state index contributed by atoms with van der Waals surface area (Å²) in [7, 11) is 3.25. The lowest BCUT2D eigenvalue weighted by Crippen LogP contribution is -2.29. The Morgan fingerprint density at radius 2 is 1.59 bits per heavy atom. The van der Waals surface area contributed by atoms with Crippen molar-refractivity contribution in [1.29, 1.82) is 0 Å². The van der Waals surface area contributed by atoms with Crippen LogP contribution in [-0.4, -0.2) is 43.3 Å². The number of amides is 1. The molecule has 0 heterocycles. The van der Waals surface area contributed by atoms with Crippen molar-refractivity contribution < 1.29 is 19.1 Å². The van der Waals surface area contributed by atoms with Crippen molar-refractivity contribution in [3.05, 3.63) is 35.4 Å². The molecule has 0 N–H and O–H groups in total. The van der Waals surface area contributed by atoms with Crippen LogP contribution in [0.5, 0.6) is 0 Å². The second-order valence-corrected chi connectivity index (χ2v) is 5.59. The van der Waals surface area contributed by atoms with Gasteiger partial charge in [-0.25, -0.2) is 9.59 Å². The van der Waals surface area contributed by atoms with Crippen LogP contribution in [0.4, 0.5) is 4.79 Å². The van der Waals surface area contributed by atoms with E-state index in [4.69, 9.17) is 9.47 Å². The summed E-state index contributed by atoms with van der Waals surface area (Å²) in [5.74, 6) is -0.360. The minimum atomic E-state index is -0.402. The van der Waals surface area contributed by atoms with Gasteiger partial charge in [0.25, 0.3) is 0 Å². The van der Waals surface area contributed by atoms with Crippen molar-refractivity contribution in [2.75, 3.05) is 14.1 Å². The number of hydrogen-bond donors (Lipinski definition) is 0. The molecule has 122 valence electrons. The van der Waals surface area contributed by atoms with Gasteiger partial charge in [-0.3, -0.25) is 0 Å². The summed E-state index contributed by atoms with van der Waals surface area (Å²) < 4.78 is 10.6. The molecule has 0 spiro atoms. The number of aryl methyl sites for hydroxylation is 1. The molecule has 0 saturated carbocycles. The standard InChI is InChI=1S/C17H25NO4/c1-6-14-7-9-15(10-8-14)16(19)21-12(2)11-13(3)22-17(20)18(4)5/h7-10,12-13H,6,11H2,1-5H3. The predicted molar refractivity (Wildman–Crippen MR) is 84.9 cm³/mol. The lowest BCUT2D eigenvalue weighted by atomic mass is 10.1. The van der Waals surface area contributed by atoms with Gasteiger partial charge in [0.2, 0.25) is 0 Å². The first-order chi connectivity index (χ1) is 10.3. The highest BCUT2D eigenvalue weighted by Crippen LogP contribution is 2.11. The number of carbonyl (C=O) groups is 2. The topological polar surface area (TPSA) is 55.8 Å². The molecule has 22 heavy (non-hydrogen) atoms. The average molecular weight is 307 g/mol. The molecule has 1 aromatic rings. The fourth-order valence-electron chi connectivity index (χ4n) is 1.97. The van der Waals surface area contributed by atoms with Crippen LogP contribution >= 0.6 is 0 Å². The molecule has 0 aliphatic heterocycles. The van der Waals surface area contributed by atoms with Crippen molar-refractivity contribution in [3.63, 3.8) is 0 Å². The van der Waals surface area contributed by atoms with E-state index < -0.39 is 6.09 Å². The van der Waals surface area contributed by atoms with Crippen LogP contribution in [0.3, 0.4) is 0 Å². The third-order valence-electron chi connectivity index (χ3n) is 3.24. The first-order valence-corrected chi connectivity index (χ1v) is 7.51. The molecular formula is C17H25NO4. The largest absolute Gasteiger partial charge is 0.459 e. The Morgan fingerprint density at radius 3 is 2.09 bits per heavy atom. The van der Waals surface area contributed by atoms with Crippen LogP contribution < -0.4 is 0 Å². The van der Waals surface area contributed by atoms with Gasteiger partial charge in [0.05, 0.1) is 5.56 Å². The normalized spacial score (nSPS) is 13.1. The Bertz CT molecular complexity index is 496. The highest BCUT2D eigenvalue weighted by atomic mass is 16.6. The molecule has 1 amide bonds. The Labute approximate surface area is 132 Å². The maximum atomic E-state index is 12.0. The van der Waals surface area contributed by atoms with E-state index in [2.05, 4.69) is 6.92 Å². The van der Waals surface area contributed by atoms with Gasteiger partial charge in [0.1, 0.15) is 12.2 Å². The summed E-state index contributed by atoms with van der Waals surface area (Å²) in [6, 6.07) is 7.37. The molecular weight excluding hydrogens is 282 g/mol. The SMILES string of the molecule is CCc1ccc(C(=O)OC(C)CC(C)OC(=O)N(C)C)cc1. The van der Waals surface area contributed by atoms with E-state index in [-0.39, 0.29) is 18.2 Å². The van der Waals surface area contributed by atoms with E-state index in [9.17, 15) is 9.59 Å². The molecule has 1 aromatic carbocycles. The van der Waals surface area contributed by atoms with Crippen molar-refractivity contribution in [1.82, 2.24) is 4.90 Å². The van der Waals surface area contributed by atoms with Crippen LogP contribution in [0.15, 0.2) is 24.3 Å². The van der Waals surface area contributed by atoms with E-state index in [0.717, 1.165) is 6.42 Å². The third-order valence-corrected chi connectivity index (χ3v) is 3.24. The quantitative estimate of drug-likeness (QED) is 0.757. The fraction of sp³-hybridized carbons (Fsp3) is 0.529. The number of nitrogens with zero attached hydrogens (tertiary/aromatic N) is 1. The van der Waals surface area contributed by atoms with Gasteiger partial charge >= 0.3 is 12.1 Å². The van der Waals surface area contributed by atoms with E-state index >= 15 is 0 Å². The molecule has 5 nitrogen and oxygen atoms in total. The van der Waals surface area contributed by atoms with Crippen LogP contribution in [0.25, 0.3) is 0 Å². The molecule has 5 heteroatoms. The Hall–Kier alpha value is -2.04. The van der Waals surface area contributed by atoms with Gasteiger partial charge in [-0.2, -0.15) is 0 Å². The second kappa shape index (κ2) is 8.41. The van der Waals surface area contributed by atoms with Crippen molar-refractivity contribution in [2.45, 2.75) is 45.8 Å². The third kappa shape index (κ3) is 5.76. The molecule has 1 rings (SSSR count). The minimum Gasteiger partial charge on any atom is -0.459 e. The van der Waals surface area contributed by atoms with Gasteiger partial charge in [-0.1, -0.05) is 19.1 Å². The zero-order valence-corrected chi connectivity index (χ0v) is 14.0. The zero-order chi connectivity index (χ0) is 16.7. The highest BCUT2D eigenvalue weighted by molar-refractivity contribution is 5.89. The number of ether oxygens (including phenoxy) is 2. The summed E-state index contributed by atoms with van der Waals surface area (Å²) in [5.41, 5.74) is 1.70. The van der Waals surface area contributed by atoms with Crippen molar-refractivity contribution in [3.8, 4) is 0 Å². The molecule has 0 fully saturated rings. The van der Waals surface area contributed by atoms with Gasteiger partial charge in [-0.05, 0) is 38.0 Å². The lowest BCUT2D eigenvalue weighted by molar-refractivity contribution is 0.0157. The van der Waals surface area contributed by atoms with E-state index in [1.165, 1.54) is 10.5 Å². The molecule has 0 aliphatic rings. The molecule has 0 radical (unpaired) electrons. The smallest absolute Gasteiger partial charge is 0.409 e. The first kappa shape index (κ1) is 18.0. The average Bonchev–Trinajstić information content (AvgIpc) is 2.46. The number of hydrogen-bond acceptors (Lipinski definition) is 4. The van der Waals surface area contributed by atoms with Gasteiger partial charge in [0.15, 0.2) is 0 Å². The summed E-state index contributed by atoms with van der Waals surface area (Å²) in [6.07, 6.45) is 0.337. The Balaban J connectivity index is 2.47. The summed E-state index contributed by atoms with van der Waals surface area (Å²) in [4.78, 5) is 24.8. The van der Waals surface area contributed by atoms with Gasteiger partial charge in [0, 0.05) is 20.5 Å². The van der Waals surface area contributed by atoms with E-state index in [1.807, 2.05) is 12.1 Å². The summed E-state index contributed by atoms with van der Waals surface area (Å²) in [5, 5.41) is 0. The fourth-order valence-corrected chi connectivity index (χ4v) is 1.97. The number of benzene rings is 1. The molecule has 0 aliphatic carbocycles. The molecule has 0 saturated heterocycles. The molecule has 2 unspecified atom stereocenters. The summed E-state index contributed by atoms with van der Waals surface area (Å²) >= 11 is 0. The lowest BCUT2D eigenvalue weighted by Gasteiger charge is -2.20. The van der Waals surface area contributed by atoms with Crippen LogP contribution in [0.1, 0.15) is 43.1 Å². The van der Waals surface area contributed by atoms with Crippen LogP contribution in [-0.2, 0) is 15.9 Å². The zero-order valence-electron chi connectivity index (χ0n) is 14.0. The van der Waals surface area contributed by atoms with E-state index in [1.54, 1.807) is 40.1 Å². The van der Waals surface area contributed by atoms with Gasteiger partial charge in [-0.15, -0.1) is 0 Å². The minimum absolute atomic E-state index is 0.319. The Kier molecular flexibility index (Phi) is 6.89. The highest BCUT2D eigenvalue weighted by Gasteiger charge is 2.18. The predicted octanol–water partition coefficient (Wildman–Crippen LogP) is 3.27. The Morgan fingerprint density at radius 1 is 1.05 bits per heavy atom.